The van der Waals surface area contributed by atoms with Crippen LogP contribution in [-0.4, -0.2) is 33.4 Å². The largest absolute Gasteiger partial charge is 0.355 e. The molecule has 0 radical (unpaired) electrons. The van der Waals surface area contributed by atoms with Gasteiger partial charge in [-0.25, -0.2) is 9.78 Å². The average Bonchev–Trinajstić information content (AvgIpc) is 2.78. The quantitative estimate of drug-likeness (QED) is 0.521. The van der Waals surface area contributed by atoms with Crippen molar-refractivity contribution in [2.24, 2.45) is 0 Å². The molecule has 0 fully saturated rings. The molecule has 3 rings (SSSR count). The zero-order valence-corrected chi connectivity index (χ0v) is 18.6. The number of hydrogen-bond donors (Lipinski definition) is 3. The molecule has 0 aliphatic rings. The number of H-pyrrole nitrogens is 1. The Labute approximate surface area is 184 Å². The van der Waals surface area contributed by atoms with Gasteiger partial charge in [0.15, 0.2) is 5.65 Å². The second kappa shape index (κ2) is 9.59. The smallest absolute Gasteiger partial charge is 0.329 e. The maximum Gasteiger partial charge on any atom is 0.329 e. The van der Waals surface area contributed by atoms with Crippen molar-refractivity contribution < 1.29 is 9.59 Å². The Hall–Kier alpha value is -3.75. The lowest BCUT2D eigenvalue weighted by Gasteiger charge is -2.14. The molecule has 0 saturated carbocycles. The highest BCUT2D eigenvalue weighted by molar-refractivity contribution is 6.05. The van der Waals surface area contributed by atoms with E-state index in [4.69, 9.17) is 0 Å². The van der Waals surface area contributed by atoms with Gasteiger partial charge in [-0.3, -0.25) is 23.9 Å². The van der Waals surface area contributed by atoms with E-state index in [0.717, 1.165) is 5.56 Å². The van der Waals surface area contributed by atoms with Gasteiger partial charge in [0.2, 0.25) is 0 Å². The Bertz CT molecular complexity index is 1290. The first-order chi connectivity index (χ1) is 15.3. The van der Waals surface area contributed by atoms with E-state index in [1.54, 1.807) is 37.4 Å². The van der Waals surface area contributed by atoms with Crippen molar-refractivity contribution >= 4 is 22.8 Å². The average molecular weight is 438 g/mol. The van der Waals surface area contributed by atoms with Gasteiger partial charge >= 0.3 is 5.69 Å². The molecule has 9 nitrogen and oxygen atoms in total. The minimum absolute atomic E-state index is 0.0142. The first-order valence-electron chi connectivity index (χ1n) is 10.5. The number of hydrogen-bond acceptors (Lipinski definition) is 5. The molecule has 2 heterocycles. The lowest BCUT2D eigenvalue weighted by molar-refractivity contribution is 0.0949. The van der Waals surface area contributed by atoms with Crippen LogP contribution in [0.4, 0.5) is 0 Å². The summed E-state index contributed by atoms with van der Waals surface area (Å²) in [4.78, 5) is 56.8. The fourth-order valence-electron chi connectivity index (χ4n) is 3.44. The highest BCUT2D eigenvalue weighted by Gasteiger charge is 2.20. The van der Waals surface area contributed by atoms with Crippen molar-refractivity contribution in [3.63, 3.8) is 0 Å². The molecule has 0 aliphatic carbocycles. The molecule has 0 atom stereocenters. The topological polar surface area (TPSA) is 126 Å². The van der Waals surface area contributed by atoms with Gasteiger partial charge in [0.05, 0.1) is 10.9 Å². The number of aryl methyl sites for hydroxylation is 1. The third-order valence-electron chi connectivity index (χ3n) is 5.12. The highest BCUT2D eigenvalue weighted by Crippen LogP contribution is 2.20. The van der Waals surface area contributed by atoms with Crippen LogP contribution in [0.1, 0.15) is 65.1 Å². The van der Waals surface area contributed by atoms with Gasteiger partial charge in [-0.1, -0.05) is 32.9 Å². The summed E-state index contributed by atoms with van der Waals surface area (Å²) in [6, 6.07) is 8.50. The molecule has 0 aliphatic heterocycles. The van der Waals surface area contributed by atoms with Crippen molar-refractivity contribution in [3.05, 3.63) is 73.6 Å². The first kappa shape index (κ1) is 22.9. The van der Waals surface area contributed by atoms with Crippen LogP contribution in [-0.2, 0) is 13.1 Å². The molecule has 3 aromatic rings. The predicted octanol–water partition coefficient (Wildman–Crippen LogP) is 1.91. The summed E-state index contributed by atoms with van der Waals surface area (Å²) in [5.41, 5.74) is 1.00. The van der Waals surface area contributed by atoms with Gasteiger partial charge in [0.1, 0.15) is 0 Å². The molecule has 2 aromatic heterocycles. The van der Waals surface area contributed by atoms with Gasteiger partial charge in [-0.15, -0.1) is 0 Å². The lowest BCUT2D eigenvalue weighted by atomic mass is 10.0. The lowest BCUT2D eigenvalue weighted by Crippen LogP contribution is -2.33. The van der Waals surface area contributed by atoms with Crippen molar-refractivity contribution in [2.45, 2.75) is 46.2 Å². The number of rotatable bonds is 7. The van der Waals surface area contributed by atoms with E-state index < -0.39 is 17.2 Å². The Morgan fingerprint density at radius 1 is 1.16 bits per heavy atom. The number of pyridine rings is 1. The maximum absolute atomic E-state index is 13.1. The van der Waals surface area contributed by atoms with E-state index in [-0.39, 0.29) is 35.0 Å². The molecule has 0 bridgehead atoms. The summed E-state index contributed by atoms with van der Waals surface area (Å²) in [5.74, 6) is -0.697. The predicted molar refractivity (Wildman–Crippen MR) is 122 cm³/mol. The number of benzene rings is 1. The van der Waals surface area contributed by atoms with Crippen LogP contribution in [0, 0.1) is 0 Å². The van der Waals surface area contributed by atoms with Crippen molar-refractivity contribution in [3.8, 4) is 0 Å². The normalized spacial score (nSPS) is 11.0. The zero-order valence-electron chi connectivity index (χ0n) is 18.6. The van der Waals surface area contributed by atoms with Crippen LogP contribution < -0.4 is 21.9 Å². The molecule has 32 heavy (non-hydrogen) atoms. The Morgan fingerprint density at radius 2 is 1.91 bits per heavy atom. The summed E-state index contributed by atoms with van der Waals surface area (Å²) >= 11 is 0. The Kier molecular flexibility index (Phi) is 6.87. The summed E-state index contributed by atoms with van der Waals surface area (Å²) < 4.78 is 1.40. The van der Waals surface area contributed by atoms with Crippen LogP contribution >= 0.6 is 0 Å². The molecule has 1 aromatic carbocycles. The number of nitrogens with one attached hydrogen (secondary N) is 3. The Balaban J connectivity index is 2.05. The molecular formula is C23H27N5O4. The Morgan fingerprint density at radius 3 is 2.56 bits per heavy atom. The molecule has 0 spiro atoms. The summed E-state index contributed by atoms with van der Waals surface area (Å²) in [5, 5.41) is 5.46. The van der Waals surface area contributed by atoms with E-state index >= 15 is 0 Å². The molecule has 3 N–H and O–H groups in total. The summed E-state index contributed by atoms with van der Waals surface area (Å²) in [7, 11) is 1.55. The van der Waals surface area contributed by atoms with Gasteiger partial charge in [0.25, 0.3) is 17.4 Å². The third-order valence-corrected chi connectivity index (χ3v) is 5.12. The van der Waals surface area contributed by atoms with Crippen molar-refractivity contribution in [1.82, 2.24) is 25.2 Å². The number of carbonyl (C=O) groups is 2. The van der Waals surface area contributed by atoms with Gasteiger partial charge in [-0.05, 0) is 36.1 Å². The molecule has 168 valence electrons. The fourth-order valence-corrected chi connectivity index (χ4v) is 3.44. The monoisotopic (exact) mass is 437 g/mol. The van der Waals surface area contributed by atoms with E-state index in [1.807, 2.05) is 20.8 Å². The molecule has 0 saturated heterocycles. The van der Waals surface area contributed by atoms with Crippen LogP contribution in [0.2, 0.25) is 0 Å². The minimum atomic E-state index is -0.646. The van der Waals surface area contributed by atoms with Gasteiger partial charge in [-0.2, -0.15) is 0 Å². The van der Waals surface area contributed by atoms with Gasteiger partial charge < -0.3 is 10.6 Å². The van der Waals surface area contributed by atoms with E-state index in [9.17, 15) is 19.2 Å². The second-order valence-corrected chi connectivity index (χ2v) is 7.82. The molecule has 9 heteroatoms. The van der Waals surface area contributed by atoms with Crippen LogP contribution in [0.25, 0.3) is 11.0 Å². The molecular weight excluding hydrogens is 410 g/mol. The number of carbonyl (C=O) groups excluding carboxylic acids is 2. The SMILES string of the molecule is CCCn1c(=O)[nH]c(=O)c2c(C(=O)NCc3cccc(C(=O)NC)c3)cc(C(C)C)nc21. The van der Waals surface area contributed by atoms with Crippen LogP contribution in [0.15, 0.2) is 39.9 Å². The second-order valence-electron chi connectivity index (χ2n) is 7.82. The highest BCUT2D eigenvalue weighted by atomic mass is 16.2. The zero-order chi connectivity index (χ0) is 23.4. The van der Waals surface area contributed by atoms with E-state index in [2.05, 4.69) is 20.6 Å². The third kappa shape index (κ3) is 4.61. The summed E-state index contributed by atoms with van der Waals surface area (Å²) in [6.45, 7) is 6.30. The maximum atomic E-state index is 13.1. The summed E-state index contributed by atoms with van der Waals surface area (Å²) in [6.07, 6.45) is 0.665. The number of fused-ring (bicyclic) bond motifs is 1. The van der Waals surface area contributed by atoms with E-state index in [1.165, 1.54) is 4.57 Å². The minimum Gasteiger partial charge on any atom is -0.355 e. The number of nitrogens with zero attached hydrogens (tertiary/aromatic N) is 2. The number of aromatic amines is 1. The van der Waals surface area contributed by atoms with Crippen LogP contribution in [0.5, 0.6) is 0 Å². The molecule has 0 unspecified atom stereocenters. The van der Waals surface area contributed by atoms with Gasteiger partial charge in [0, 0.05) is 31.4 Å². The standard InChI is InChI=1S/C23H27N5O4/c1-5-9-28-19-18(22(31)27-23(28)32)16(11-17(26-19)13(2)3)21(30)25-12-14-7-6-8-15(10-14)20(29)24-4/h6-8,10-11,13H,5,9,12H2,1-4H3,(H,24,29)(H,25,30)(H,27,31,32). The number of amides is 2. The number of aromatic nitrogens is 3. The van der Waals surface area contributed by atoms with Crippen molar-refractivity contribution in [1.29, 1.82) is 0 Å². The molecule has 2 amide bonds. The van der Waals surface area contributed by atoms with Crippen molar-refractivity contribution in [2.75, 3.05) is 7.05 Å². The van der Waals surface area contributed by atoms with E-state index in [0.29, 0.717) is 24.2 Å². The fraction of sp³-hybridized carbons (Fsp3) is 0.348. The first-order valence-corrected chi connectivity index (χ1v) is 10.5. The van der Waals surface area contributed by atoms with Crippen LogP contribution in [0.3, 0.4) is 0 Å².